The number of carbonyl (C=O) groups excluding carboxylic acids is 2. The second-order valence-electron chi connectivity index (χ2n) is 4.38. The number of benzene rings is 1. The number of ether oxygens (including phenoxy) is 1. The molecule has 1 rings (SSSR count). The summed E-state index contributed by atoms with van der Waals surface area (Å²) in [4.78, 5) is 23.2. The molecule has 1 aromatic carbocycles. The molecule has 0 atom stereocenters. The minimum atomic E-state index is -0.233. The second kappa shape index (κ2) is 10.2. The van der Waals surface area contributed by atoms with E-state index in [1.165, 1.54) is 3.57 Å². The summed E-state index contributed by atoms with van der Waals surface area (Å²) >= 11 is 6.78. The van der Waals surface area contributed by atoms with Crippen LogP contribution in [0, 0.1) is 10.7 Å². The summed E-state index contributed by atoms with van der Waals surface area (Å²) in [7, 11) is 0. The maximum absolute atomic E-state index is 11.8. The Morgan fingerprint density at radius 1 is 1.14 bits per heavy atom. The molecule has 0 aromatic heterocycles. The van der Waals surface area contributed by atoms with Gasteiger partial charge in [-0.15, -0.1) is 0 Å². The summed E-state index contributed by atoms with van der Waals surface area (Å²) in [5.41, 5.74) is 0.794. The van der Waals surface area contributed by atoms with E-state index in [4.69, 9.17) is 4.74 Å². The highest BCUT2D eigenvalue weighted by molar-refractivity contribution is 14.1. The topological polar surface area (TPSA) is 55.4 Å². The van der Waals surface area contributed by atoms with Crippen LogP contribution in [0.1, 0.15) is 32.6 Å². The number of amides is 1. The van der Waals surface area contributed by atoms with Crippen molar-refractivity contribution in [3.8, 4) is 0 Å². The lowest BCUT2D eigenvalue weighted by molar-refractivity contribution is -0.143. The smallest absolute Gasteiger partial charge is 0.305 e. The van der Waals surface area contributed by atoms with Crippen molar-refractivity contribution >= 4 is 85.3 Å². The molecule has 0 heterocycles. The number of anilines is 1. The van der Waals surface area contributed by atoms with Gasteiger partial charge in [0, 0.05) is 29.2 Å². The first-order chi connectivity index (χ1) is 9.93. The first-order valence-electron chi connectivity index (χ1n) is 6.54. The summed E-state index contributed by atoms with van der Waals surface area (Å²) in [5, 5.41) is 2.86. The third-order valence-corrected chi connectivity index (χ3v) is 7.45. The van der Waals surface area contributed by atoms with E-state index in [1.807, 2.05) is 19.1 Å². The lowest BCUT2D eigenvalue weighted by Crippen LogP contribution is -2.13. The van der Waals surface area contributed by atoms with Crippen molar-refractivity contribution in [1.82, 2.24) is 0 Å². The fraction of sp³-hybridized carbons (Fsp3) is 0.429. The SMILES string of the molecule is CCCOC(=O)CCCC(=O)Nc1cc(I)c(I)c(I)c1. The largest absolute Gasteiger partial charge is 0.466 e. The number of esters is 1. The second-order valence-corrected chi connectivity index (χ2v) is 7.78. The van der Waals surface area contributed by atoms with Gasteiger partial charge >= 0.3 is 5.97 Å². The number of nitrogens with one attached hydrogen (secondary N) is 1. The molecular weight excluding hydrogens is 611 g/mol. The third kappa shape index (κ3) is 7.44. The van der Waals surface area contributed by atoms with Gasteiger partial charge in [-0.2, -0.15) is 0 Å². The average molecular weight is 627 g/mol. The van der Waals surface area contributed by atoms with Crippen molar-refractivity contribution in [3.63, 3.8) is 0 Å². The molecule has 0 saturated carbocycles. The van der Waals surface area contributed by atoms with Gasteiger partial charge in [-0.25, -0.2) is 0 Å². The van der Waals surface area contributed by atoms with Gasteiger partial charge in [0.1, 0.15) is 0 Å². The van der Waals surface area contributed by atoms with Crippen LogP contribution in [0.4, 0.5) is 5.69 Å². The van der Waals surface area contributed by atoms with Gasteiger partial charge in [-0.1, -0.05) is 6.92 Å². The van der Waals surface area contributed by atoms with Crippen LogP contribution in [0.2, 0.25) is 0 Å². The van der Waals surface area contributed by atoms with E-state index in [2.05, 4.69) is 73.1 Å². The van der Waals surface area contributed by atoms with Crippen molar-refractivity contribution in [3.05, 3.63) is 22.8 Å². The van der Waals surface area contributed by atoms with Crippen molar-refractivity contribution in [1.29, 1.82) is 0 Å². The van der Waals surface area contributed by atoms with Gasteiger partial charge < -0.3 is 10.1 Å². The molecule has 116 valence electrons. The van der Waals surface area contributed by atoms with E-state index < -0.39 is 0 Å². The van der Waals surface area contributed by atoms with Crippen LogP contribution in [0.3, 0.4) is 0 Å². The average Bonchev–Trinajstić information content (AvgIpc) is 2.42. The maximum atomic E-state index is 11.8. The lowest BCUT2D eigenvalue weighted by atomic mass is 10.2. The zero-order chi connectivity index (χ0) is 15.8. The predicted molar refractivity (Wildman–Crippen MR) is 108 cm³/mol. The zero-order valence-electron chi connectivity index (χ0n) is 11.5. The van der Waals surface area contributed by atoms with Gasteiger partial charge in [-0.05, 0) is 92.7 Å². The molecule has 1 amide bonds. The van der Waals surface area contributed by atoms with E-state index in [0.717, 1.165) is 19.2 Å². The highest BCUT2D eigenvalue weighted by Crippen LogP contribution is 2.25. The van der Waals surface area contributed by atoms with Crippen molar-refractivity contribution < 1.29 is 14.3 Å². The van der Waals surface area contributed by atoms with Crippen LogP contribution in [-0.4, -0.2) is 18.5 Å². The molecule has 4 nitrogen and oxygen atoms in total. The first kappa shape index (κ1) is 19.4. The minimum Gasteiger partial charge on any atom is -0.466 e. The Hall–Kier alpha value is 0.350. The summed E-state index contributed by atoms with van der Waals surface area (Å²) in [6.07, 6.45) is 1.93. The molecule has 7 heteroatoms. The summed E-state index contributed by atoms with van der Waals surface area (Å²) in [6, 6.07) is 3.88. The van der Waals surface area contributed by atoms with Crippen LogP contribution in [0.25, 0.3) is 0 Å². The van der Waals surface area contributed by atoms with Crippen LogP contribution in [-0.2, 0) is 14.3 Å². The Bertz CT molecular complexity index is 497. The quantitative estimate of drug-likeness (QED) is 0.274. The first-order valence-corrected chi connectivity index (χ1v) is 9.77. The maximum Gasteiger partial charge on any atom is 0.305 e. The summed E-state index contributed by atoms with van der Waals surface area (Å²) in [5.74, 6) is -0.311. The van der Waals surface area contributed by atoms with E-state index in [0.29, 0.717) is 19.4 Å². The number of carbonyl (C=O) groups is 2. The standard InChI is InChI=1S/C14H16I3NO3/c1-2-6-21-13(20)5-3-4-12(19)18-9-7-10(15)14(17)11(16)8-9/h7-8H,2-6H2,1H3,(H,18,19). The molecule has 0 spiro atoms. The van der Waals surface area contributed by atoms with Gasteiger partial charge in [0.25, 0.3) is 0 Å². The van der Waals surface area contributed by atoms with Gasteiger partial charge in [0.2, 0.25) is 5.91 Å². The van der Waals surface area contributed by atoms with E-state index >= 15 is 0 Å². The van der Waals surface area contributed by atoms with Crippen LogP contribution in [0.15, 0.2) is 12.1 Å². The fourth-order valence-corrected chi connectivity index (χ4v) is 3.61. The monoisotopic (exact) mass is 627 g/mol. The molecule has 0 radical (unpaired) electrons. The van der Waals surface area contributed by atoms with E-state index in [1.54, 1.807) is 0 Å². The van der Waals surface area contributed by atoms with Crippen LogP contribution < -0.4 is 5.32 Å². The van der Waals surface area contributed by atoms with Gasteiger partial charge in [0.15, 0.2) is 0 Å². The summed E-state index contributed by atoms with van der Waals surface area (Å²) in [6.45, 7) is 2.40. The van der Waals surface area contributed by atoms with E-state index in [-0.39, 0.29) is 18.3 Å². The molecule has 0 aliphatic rings. The molecule has 0 unspecified atom stereocenters. The van der Waals surface area contributed by atoms with Crippen LogP contribution in [0.5, 0.6) is 0 Å². The highest BCUT2D eigenvalue weighted by atomic mass is 127. The molecule has 0 aliphatic heterocycles. The number of halogens is 3. The predicted octanol–water partition coefficient (Wildman–Crippen LogP) is 4.56. The summed E-state index contributed by atoms with van der Waals surface area (Å²) < 4.78 is 8.37. The lowest BCUT2D eigenvalue weighted by Gasteiger charge is -2.08. The number of hydrogen-bond acceptors (Lipinski definition) is 3. The van der Waals surface area contributed by atoms with E-state index in [9.17, 15) is 9.59 Å². The molecule has 0 saturated heterocycles. The molecule has 1 aromatic rings. The van der Waals surface area contributed by atoms with Gasteiger partial charge in [0.05, 0.1) is 6.61 Å². The Morgan fingerprint density at radius 2 is 1.76 bits per heavy atom. The Morgan fingerprint density at radius 3 is 2.33 bits per heavy atom. The molecule has 21 heavy (non-hydrogen) atoms. The molecule has 1 N–H and O–H groups in total. The third-order valence-electron chi connectivity index (χ3n) is 2.52. The van der Waals surface area contributed by atoms with Crippen molar-refractivity contribution in [2.75, 3.05) is 11.9 Å². The fourth-order valence-electron chi connectivity index (χ4n) is 1.53. The number of hydrogen-bond donors (Lipinski definition) is 1. The molecule has 0 fully saturated rings. The molecular formula is C14H16I3NO3. The van der Waals surface area contributed by atoms with Crippen molar-refractivity contribution in [2.45, 2.75) is 32.6 Å². The Kier molecular flexibility index (Phi) is 9.41. The molecule has 0 aliphatic carbocycles. The highest BCUT2D eigenvalue weighted by Gasteiger charge is 2.09. The van der Waals surface area contributed by atoms with Crippen molar-refractivity contribution in [2.24, 2.45) is 0 Å². The molecule has 0 bridgehead atoms. The van der Waals surface area contributed by atoms with Gasteiger partial charge in [-0.3, -0.25) is 9.59 Å². The Balaban J connectivity index is 2.39. The zero-order valence-corrected chi connectivity index (χ0v) is 18.0. The normalized spacial score (nSPS) is 10.3. The minimum absolute atomic E-state index is 0.0777. The number of rotatable bonds is 7. The Labute approximate surface area is 165 Å². The van der Waals surface area contributed by atoms with Crippen LogP contribution >= 0.6 is 67.8 Å².